The van der Waals surface area contributed by atoms with Crippen molar-refractivity contribution in [2.45, 2.75) is 19.4 Å². The fraction of sp³-hybridized carbons (Fsp3) is 0.364. The highest BCUT2D eigenvalue weighted by atomic mass is 79.9. The molecule has 3 rings (SSSR count). The van der Waals surface area contributed by atoms with E-state index in [9.17, 15) is 0 Å². The van der Waals surface area contributed by atoms with Crippen LogP contribution < -0.4 is 5.73 Å². The second-order valence-corrected chi connectivity index (χ2v) is 5.17. The minimum Gasteiger partial charge on any atom is -0.369 e. The summed E-state index contributed by atoms with van der Waals surface area (Å²) in [4.78, 5) is 4.38. The molecule has 3 nitrogen and oxygen atoms in total. The topological polar surface area (TPSA) is 43.8 Å². The van der Waals surface area contributed by atoms with Gasteiger partial charge in [0.05, 0.1) is 11.0 Å². The molecule has 78 valence electrons. The van der Waals surface area contributed by atoms with Gasteiger partial charge in [0.1, 0.15) is 0 Å². The van der Waals surface area contributed by atoms with Gasteiger partial charge in [-0.25, -0.2) is 4.98 Å². The first-order valence-corrected chi connectivity index (χ1v) is 5.89. The third-order valence-corrected chi connectivity index (χ3v) is 3.57. The maximum Gasteiger partial charge on any atom is 0.201 e. The molecule has 2 unspecified atom stereocenters. The molecule has 1 aromatic carbocycles. The van der Waals surface area contributed by atoms with Crippen LogP contribution in [-0.2, 0) is 0 Å². The Kier molecular flexibility index (Phi) is 1.83. The second-order valence-electron chi connectivity index (χ2n) is 4.25. The van der Waals surface area contributed by atoms with E-state index in [1.165, 1.54) is 6.42 Å². The fourth-order valence-electron chi connectivity index (χ4n) is 2.10. The molecule has 2 aromatic rings. The summed E-state index contributed by atoms with van der Waals surface area (Å²) in [6.07, 6.45) is 1.21. The predicted octanol–water partition coefficient (Wildman–Crippen LogP) is 2.96. The van der Waals surface area contributed by atoms with E-state index < -0.39 is 0 Å². The molecule has 2 N–H and O–H groups in total. The zero-order valence-corrected chi connectivity index (χ0v) is 10.0. The first-order valence-electron chi connectivity index (χ1n) is 5.10. The molecule has 2 atom stereocenters. The highest BCUT2D eigenvalue weighted by Crippen LogP contribution is 2.45. The van der Waals surface area contributed by atoms with Crippen molar-refractivity contribution in [3.05, 3.63) is 22.7 Å². The molecule has 0 bridgehead atoms. The van der Waals surface area contributed by atoms with Crippen LogP contribution in [0.4, 0.5) is 5.95 Å². The molecule has 15 heavy (non-hydrogen) atoms. The summed E-state index contributed by atoms with van der Waals surface area (Å²) in [5.41, 5.74) is 8.06. The van der Waals surface area contributed by atoms with Crippen LogP contribution in [0.1, 0.15) is 19.4 Å². The number of anilines is 1. The van der Waals surface area contributed by atoms with Crippen LogP contribution >= 0.6 is 15.9 Å². The Labute approximate surface area is 96.4 Å². The Hall–Kier alpha value is -1.03. The molecule has 1 aromatic heterocycles. The lowest BCUT2D eigenvalue weighted by molar-refractivity contribution is 0.715. The smallest absolute Gasteiger partial charge is 0.201 e. The average Bonchev–Trinajstić information content (AvgIpc) is 2.77. The molecule has 4 heteroatoms. The van der Waals surface area contributed by atoms with E-state index >= 15 is 0 Å². The second kappa shape index (κ2) is 2.98. The molecular weight excluding hydrogens is 254 g/mol. The summed E-state index contributed by atoms with van der Waals surface area (Å²) in [5.74, 6) is 1.37. The highest BCUT2D eigenvalue weighted by molar-refractivity contribution is 9.10. The molecule has 1 aliphatic rings. The highest BCUT2D eigenvalue weighted by Gasteiger charge is 2.36. The number of rotatable bonds is 1. The average molecular weight is 266 g/mol. The zero-order chi connectivity index (χ0) is 10.6. The van der Waals surface area contributed by atoms with Crippen LogP contribution in [0.15, 0.2) is 22.7 Å². The van der Waals surface area contributed by atoms with Crippen molar-refractivity contribution in [2.75, 3.05) is 5.73 Å². The molecular formula is C11H12BrN3. The van der Waals surface area contributed by atoms with Gasteiger partial charge in [0, 0.05) is 10.5 Å². The third-order valence-electron chi connectivity index (χ3n) is 3.08. The normalized spacial score (nSPS) is 24.7. The van der Waals surface area contributed by atoms with Gasteiger partial charge in [-0.1, -0.05) is 22.9 Å². The number of nitrogens with two attached hydrogens (primary N) is 1. The lowest BCUT2D eigenvalue weighted by Crippen LogP contribution is -2.01. The molecule has 0 saturated heterocycles. The van der Waals surface area contributed by atoms with Gasteiger partial charge in [0.25, 0.3) is 0 Å². The van der Waals surface area contributed by atoms with E-state index in [0.717, 1.165) is 21.4 Å². The summed E-state index contributed by atoms with van der Waals surface area (Å²) < 4.78 is 3.20. The Balaban J connectivity index is 2.24. The molecule has 0 radical (unpaired) electrons. The molecule has 0 spiro atoms. The van der Waals surface area contributed by atoms with E-state index in [1.807, 2.05) is 12.1 Å². The van der Waals surface area contributed by atoms with Crippen molar-refractivity contribution in [2.24, 2.45) is 5.92 Å². The number of fused-ring (bicyclic) bond motifs is 1. The minimum absolute atomic E-state index is 0.552. The van der Waals surface area contributed by atoms with Crippen LogP contribution in [0.3, 0.4) is 0 Å². The summed E-state index contributed by atoms with van der Waals surface area (Å²) in [6, 6.07) is 6.67. The van der Waals surface area contributed by atoms with E-state index in [1.54, 1.807) is 0 Å². The largest absolute Gasteiger partial charge is 0.369 e. The first kappa shape index (κ1) is 9.21. The zero-order valence-electron chi connectivity index (χ0n) is 8.44. The van der Waals surface area contributed by atoms with Crippen LogP contribution in [0.5, 0.6) is 0 Å². The van der Waals surface area contributed by atoms with Crippen molar-refractivity contribution in [3.63, 3.8) is 0 Å². The lowest BCUT2D eigenvalue weighted by Gasteiger charge is -2.03. The molecule has 0 amide bonds. The number of hydrogen-bond acceptors (Lipinski definition) is 2. The standard InChI is InChI=1S/C11H12BrN3/c1-6-4-10(6)15-9-3-2-7(12)5-8(9)14-11(15)13/h2-3,5-6,10H,4H2,1H3,(H2,13,14). The van der Waals surface area contributed by atoms with Gasteiger partial charge in [-0.2, -0.15) is 0 Å². The van der Waals surface area contributed by atoms with Crippen molar-refractivity contribution >= 4 is 32.9 Å². The summed E-state index contributed by atoms with van der Waals surface area (Å²) >= 11 is 3.44. The predicted molar refractivity (Wildman–Crippen MR) is 64.7 cm³/mol. The van der Waals surface area contributed by atoms with Crippen LogP contribution in [0.2, 0.25) is 0 Å². The van der Waals surface area contributed by atoms with Gasteiger partial charge in [-0.05, 0) is 30.5 Å². The molecule has 1 saturated carbocycles. The summed E-state index contributed by atoms with van der Waals surface area (Å²) in [5, 5.41) is 0. The number of nitrogens with zero attached hydrogens (tertiary/aromatic N) is 2. The van der Waals surface area contributed by atoms with Gasteiger partial charge in [-0.3, -0.25) is 0 Å². The van der Waals surface area contributed by atoms with Crippen LogP contribution in [0, 0.1) is 5.92 Å². The van der Waals surface area contributed by atoms with E-state index in [0.29, 0.717) is 12.0 Å². The van der Waals surface area contributed by atoms with E-state index in [4.69, 9.17) is 5.73 Å². The van der Waals surface area contributed by atoms with Gasteiger partial charge in [0.2, 0.25) is 5.95 Å². The quantitative estimate of drug-likeness (QED) is 0.862. The number of benzene rings is 1. The number of aromatic nitrogens is 2. The van der Waals surface area contributed by atoms with Crippen LogP contribution in [-0.4, -0.2) is 9.55 Å². The molecule has 1 fully saturated rings. The Morgan fingerprint density at radius 2 is 2.27 bits per heavy atom. The third kappa shape index (κ3) is 1.35. The maximum atomic E-state index is 5.94. The Morgan fingerprint density at radius 1 is 1.53 bits per heavy atom. The number of nitrogen functional groups attached to an aromatic ring is 1. The minimum atomic E-state index is 0.552. The fourth-order valence-corrected chi connectivity index (χ4v) is 2.45. The van der Waals surface area contributed by atoms with Gasteiger partial charge in [-0.15, -0.1) is 0 Å². The van der Waals surface area contributed by atoms with Gasteiger partial charge < -0.3 is 10.3 Å². The van der Waals surface area contributed by atoms with Crippen molar-refractivity contribution in [1.29, 1.82) is 0 Å². The van der Waals surface area contributed by atoms with Gasteiger partial charge in [0.15, 0.2) is 0 Å². The summed E-state index contributed by atoms with van der Waals surface area (Å²) in [6.45, 7) is 2.24. The van der Waals surface area contributed by atoms with Crippen molar-refractivity contribution in [3.8, 4) is 0 Å². The number of hydrogen-bond donors (Lipinski definition) is 1. The van der Waals surface area contributed by atoms with E-state index in [2.05, 4.69) is 38.5 Å². The monoisotopic (exact) mass is 265 g/mol. The first-order chi connectivity index (χ1) is 7.16. The molecule has 0 aliphatic heterocycles. The Morgan fingerprint density at radius 3 is 2.93 bits per heavy atom. The number of imidazole rings is 1. The summed E-state index contributed by atoms with van der Waals surface area (Å²) in [7, 11) is 0. The van der Waals surface area contributed by atoms with Crippen molar-refractivity contribution < 1.29 is 0 Å². The SMILES string of the molecule is CC1CC1n1c(N)nc2cc(Br)ccc21. The molecule has 1 heterocycles. The van der Waals surface area contributed by atoms with E-state index in [-0.39, 0.29) is 0 Å². The van der Waals surface area contributed by atoms with Crippen LogP contribution in [0.25, 0.3) is 11.0 Å². The number of halogens is 1. The van der Waals surface area contributed by atoms with Gasteiger partial charge >= 0.3 is 0 Å². The maximum absolute atomic E-state index is 5.94. The lowest BCUT2D eigenvalue weighted by atomic mass is 10.3. The van der Waals surface area contributed by atoms with Crippen molar-refractivity contribution in [1.82, 2.24) is 9.55 Å². The Bertz CT molecular complexity index is 532. The molecule has 1 aliphatic carbocycles.